The predicted molar refractivity (Wildman–Crippen MR) is 106 cm³/mol. The van der Waals surface area contributed by atoms with Crippen molar-refractivity contribution in [2.45, 2.75) is 50.5 Å². The largest absolute Gasteiger partial charge is 0.139 e. The Bertz CT molecular complexity index is 208. The Hall–Kier alpha value is 2.46. The molecule has 0 bridgehead atoms. The van der Waals surface area contributed by atoms with Crippen LogP contribution in [0, 0.1) is 0 Å². The lowest BCUT2D eigenvalue weighted by Crippen LogP contribution is -2.40. The van der Waals surface area contributed by atoms with Crippen LogP contribution in [-0.4, -0.2) is 48.7 Å². The Morgan fingerprint density at radius 2 is 0.789 bits per heavy atom. The van der Waals surface area contributed by atoms with E-state index in [1.54, 1.807) is 0 Å². The first-order chi connectivity index (χ1) is 8.65. The summed E-state index contributed by atoms with van der Waals surface area (Å²) >= 11 is 35.9. The van der Waals surface area contributed by atoms with Gasteiger partial charge in [0.1, 0.15) is 6.71 Å². The molecule has 0 aliphatic rings. The van der Waals surface area contributed by atoms with Gasteiger partial charge in [0.15, 0.2) is 0 Å². The molecule has 0 amide bonds. The van der Waals surface area contributed by atoms with Crippen molar-refractivity contribution in [3.8, 4) is 0 Å². The molecule has 19 heavy (non-hydrogen) atoms. The van der Waals surface area contributed by atoms with E-state index in [1.807, 2.05) is 0 Å². The number of hydrogen-bond acceptors (Lipinski definition) is 0. The van der Waals surface area contributed by atoms with Gasteiger partial charge in [0.25, 0.3) is 0 Å². The Kier molecular flexibility index (Phi) is 12.5. The van der Waals surface area contributed by atoms with E-state index in [0.29, 0.717) is 23.0 Å². The van der Waals surface area contributed by atoms with Gasteiger partial charge in [-0.15, -0.1) is 69.6 Å². The van der Waals surface area contributed by atoms with E-state index in [9.17, 15) is 0 Å². The van der Waals surface area contributed by atoms with E-state index in [4.69, 9.17) is 69.6 Å². The molecular formula is C9H21BCl6Si3. The smallest absolute Gasteiger partial charge is 0.110 e. The van der Waals surface area contributed by atoms with Gasteiger partial charge >= 0.3 is 0 Å². The van der Waals surface area contributed by atoms with Crippen molar-refractivity contribution in [3.05, 3.63) is 0 Å². The maximum Gasteiger partial charge on any atom is 0.139 e. The van der Waals surface area contributed by atoms with Gasteiger partial charge in [-0.1, -0.05) is 37.1 Å². The zero-order valence-electron chi connectivity index (χ0n) is 11.4. The molecule has 0 heterocycles. The minimum absolute atomic E-state index is 0.189. The second-order valence-corrected chi connectivity index (χ2v) is 20.1. The van der Waals surface area contributed by atoms with Crippen molar-refractivity contribution in [2.75, 3.05) is 0 Å². The quantitative estimate of drug-likeness (QED) is 0.384. The molecule has 3 unspecified atom stereocenters. The molecule has 0 aliphatic carbocycles. The predicted octanol–water partition coefficient (Wildman–Crippen LogP) is 3.31. The van der Waals surface area contributed by atoms with E-state index < -0.39 is 28.6 Å². The summed E-state index contributed by atoms with van der Waals surface area (Å²) in [5.41, 5.74) is 1.72. The molecule has 0 aromatic carbocycles. The molecule has 10 heteroatoms. The van der Waals surface area contributed by atoms with Crippen molar-refractivity contribution in [1.29, 1.82) is 0 Å². The third-order valence-corrected chi connectivity index (χ3v) is 11.8. The first kappa shape index (κ1) is 21.5. The lowest BCUT2D eigenvalue weighted by Gasteiger charge is -2.32. The average molecular weight is 437 g/mol. The second-order valence-electron chi connectivity index (χ2n) is 5.39. The van der Waals surface area contributed by atoms with Crippen LogP contribution in [0.2, 0.25) is 16.3 Å². The zero-order valence-corrected chi connectivity index (χ0v) is 20.2. The third-order valence-electron chi connectivity index (χ3n) is 3.62. The third kappa shape index (κ3) is 9.95. The van der Waals surface area contributed by atoms with Gasteiger partial charge in [-0.25, -0.2) is 0 Å². The van der Waals surface area contributed by atoms with E-state index in [2.05, 4.69) is 20.8 Å². The van der Waals surface area contributed by atoms with Crippen LogP contribution in [0.4, 0.5) is 0 Å². The molecule has 0 saturated carbocycles. The number of halogens is 6. The molecule has 0 spiro atoms. The van der Waals surface area contributed by atoms with Crippen LogP contribution in [0.3, 0.4) is 0 Å². The van der Waals surface area contributed by atoms with Gasteiger partial charge in [0.05, 0.1) is 41.9 Å². The van der Waals surface area contributed by atoms with E-state index in [0.717, 1.165) is 0 Å². The summed E-state index contributed by atoms with van der Waals surface area (Å²) in [5, 5.41) is 0. The maximum atomic E-state index is 5.98. The fourth-order valence-corrected chi connectivity index (χ4v) is 14.6. The Balaban J connectivity index is 4.79. The van der Waals surface area contributed by atoms with Gasteiger partial charge < -0.3 is 0 Å². The topological polar surface area (TPSA) is 0 Å². The molecule has 0 aromatic rings. The molecule has 0 radical (unpaired) electrons. The summed E-state index contributed by atoms with van der Waals surface area (Å²) in [7, 11) is -1.58. The van der Waals surface area contributed by atoms with Gasteiger partial charge in [0, 0.05) is 0 Å². The molecule has 0 N–H and O–H groups in total. The number of rotatable bonds is 9. The number of hydrogen-bond donors (Lipinski definition) is 0. The number of alkyl halides is 6. The normalized spacial score (nSPS) is 18.9. The average Bonchev–Trinajstić information content (AvgIpc) is 2.12. The SMILES string of the molecule is CC([SiH2]C(Cl)Cl)B(C(C)[SiH2]C(Cl)Cl)C(C)[SiH2]C(Cl)Cl. The molecule has 114 valence electrons. The Morgan fingerprint density at radius 1 is 0.579 bits per heavy atom. The highest BCUT2D eigenvalue weighted by Crippen LogP contribution is 2.32. The first-order valence-corrected chi connectivity index (χ1v) is 14.0. The molecule has 0 aromatic heterocycles. The monoisotopic (exact) mass is 434 g/mol. The summed E-state index contributed by atoms with van der Waals surface area (Å²) in [6.45, 7) is 7.36. The molecule has 0 saturated heterocycles. The van der Waals surface area contributed by atoms with E-state index in [-0.39, 0.29) is 13.4 Å². The van der Waals surface area contributed by atoms with Crippen LogP contribution in [0.5, 0.6) is 0 Å². The van der Waals surface area contributed by atoms with E-state index >= 15 is 0 Å². The van der Waals surface area contributed by atoms with Crippen molar-refractivity contribution >= 4 is 105 Å². The summed E-state index contributed by atoms with van der Waals surface area (Å²) in [4.78, 5) is 0. The van der Waals surface area contributed by atoms with Crippen molar-refractivity contribution < 1.29 is 0 Å². The standard InChI is InChI=1S/C9H21BCl6Si3/c1-4(17-7(11)12)10(5(2)18-8(13)14)6(3)19-9(15)16/h4-9H,17-19H2,1-3H3. The van der Waals surface area contributed by atoms with Crippen LogP contribution in [-0.2, 0) is 0 Å². The molecule has 3 atom stereocenters. The highest BCUT2D eigenvalue weighted by molar-refractivity contribution is 6.92. The van der Waals surface area contributed by atoms with Crippen molar-refractivity contribution in [2.24, 2.45) is 0 Å². The zero-order chi connectivity index (χ0) is 15.2. The van der Waals surface area contributed by atoms with Crippen molar-refractivity contribution in [1.82, 2.24) is 0 Å². The van der Waals surface area contributed by atoms with Crippen LogP contribution >= 0.6 is 69.6 Å². The molecule has 0 nitrogen and oxygen atoms in total. The van der Waals surface area contributed by atoms with Crippen LogP contribution in [0.1, 0.15) is 20.8 Å². The van der Waals surface area contributed by atoms with E-state index in [1.165, 1.54) is 0 Å². The molecular weight excluding hydrogens is 416 g/mol. The maximum absolute atomic E-state index is 5.98. The molecule has 0 fully saturated rings. The van der Waals surface area contributed by atoms with Crippen LogP contribution < -0.4 is 0 Å². The summed E-state index contributed by atoms with van der Waals surface area (Å²) in [6.07, 6.45) is 0. The van der Waals surface area contributed by atoms with Gasteiger partial charge in [-0.2, -0.15) is 0 Å². The van der Waals surface area contributed by atoms with Gasteiger partial charge in [0.2, 0.25) is 0 Å². The molecule has 0 rings (SSSR count). The minimum atomic E-state index is -0.527. The summed E-state index contributed by atoms with van der Waals surface area (Å²) in [5.74, 6) is 0. The minimum Gasteiger partial charge on any atom is -0.110 e. The second kappa shape index (κ2) is 11.1. The summed E-state index contributed by atoms with van der Waals surface area (Å²) < 4.78 is -0.567. The lowest BCUT2D eigenvalue weighted by molar-refractivity contribution is 1.09. The molecule has 0 aliphatic heterocycles. The first-order valence-electron chi connectivity index (χ1n) is 6.49. The Labute approximate surface area is 154 Å². The van der Waals surface area contributed by atoms with Gasteiger partial charge in [-0.3, -0.25) is 0 Å². The highest BCUT2D eigenvalue weighted by Gasteiger charge is 2.35. The van der Waals surface area contributed by atoms with Crippen molar-refractivity contribution in [3.63, 3.8) is 0 Å². The summed E-state index contributed by atoms with van der Waals surface area (Å²) in [6, 6.07) is 0. The lowest BCUT2D eigenvalue weighted by atomic mass is 9.42. The van der Waals surface area contributed by atoms with Crippen LogP contribution in [0.15, 0.2) is 0 Å². The van der Waals surface area contributed by atoms with Crippen LogP contribution in [0.25, 0.3) is 0 Å². The fourth-order valence-electron chi connectivity index (χ4n) is 3.00. The van der Waals surface area contributed by atoms with Gasteiger partial charge in [-0.05, 0) is 0 Å². The Morgan fingerprint density at radius 3 is 0.947 bits per heavy atom. The fraction of sp³-hybridized carbons (Fsp3) is 1.00. The highest BCUT2D eigenvalue weighted by atomic mass is 35.5.